The molecule has 2 amide bonds. The molecule has 0 spiro atoms. The van der Waals surface area contributed by atoms with Crippen molar-refractivity contribution < 1.29 is 22.4 Å². The maximum Gasteiger partial charge on any atom is 0.239 e. The Bertz CT molecular complexity index is 747. The Kier molecular flexibility index (Phi) is 6.75. The Morgan fingerprint density at radius 1 is 1.19 bits per heavy atom. The summed E-state index contributed by atoms with van der Waals surface area (Å²) in [5.74, 6) is -0.885. The predicted octanol–water partition coefficient (Wildman–Crippen LogP) is 1.37. The van der Waals surface area contributed by atoms with Crippen molar-refractivity contribution in [1.29, 1.82) is 0 Å². The van der Waals surface area contributed by atoms with E-state index in [0.717, 1.165) is 5.56 Å². The summed E-state index contributed by atoms with van der Waals surface area (Å²) >= 11 is 0. The second-order valence-corrected chi connectivity index (χ2v) is 9.28. The second-order valence-electron chi connectivity index (χ2n) is 7.05. The average Bonchev–Trinajstić information content (AvgIpc) is 2.90. The zero-order chi connectivity index (χ0) is 19.3. The van der Waals surface area contributed by atoms with Crippen LogP contribution in [0.2, 0.25) is 0 Å². The van der Waals surface area contributed by atoms with Gasteiger partial charge in [-0.2, -0.15) is 0 Å². The lowest BCUT2D eigenvalue weighted by Gasteiger charge is -2.21. The molecular formula is C18H25FN2O4S. The first-order valence-corrected chi connectivity index (χ1v) is 10.5. The van der Waals surface area contributed by atoms with Gasteiger partial charge in [0, 0.05) is 12.5 Å². The third kappa shape index (κ3) is 6.09. The van der Waals surface area contributed by atoms with Crippen LogP contribution in [-0.4, -0.2) is 44.3 Å². The van der Waals surface area contributed by atoms with Crippen LogP contribution in [0.5, 0.6) is 0 Å². The molecule has 1 saturated heterocycles. The van der Waals surface area contributed by atoms with Crippen molar-refractivity contribution in [3.63, 3.8) is 0 Å². The minimum atomic E-state index is -3.06. The van der Waals surface area contributed by atoms with E-state index >= 15 is 0 Å². The molecule has 2 rings (SSSR count). The Hall–Kier alpha value is -1.96. The maximum absolute atomic E-state index is 13.1. The zero-order valence-corrected chi connectivity index (χ0v) is 15.8. The number of hydrogen-bond donors (Lipinski definition) is 2. The first kappa shape index (κ1) is 20.4. The van der Waals surface area contributed by atoms with E-state index < -0.39 is 15.7 Å². The second kappa shape index (κ2) is 8.62. The van der Waals surface area contributed by atoms with Gasteiger partial charge in [0.25, 0.3) is 0 Å². The Morgan fingerprint density at radius 3 is 2.38 bits per heavy atom. The highest BCUT2D eigenvalue weighted by Crippen LogP contribution is 2.27. The van der Waals surface area contributed by atoms with Gasteiger partial charge in [-0.1, -0.05) is 26.0 Å². The van der Waals surface area contributed by atoms with E-state index in [-0.39, 0.29) is 54.1 Å². The first-order chi connectivity index (χ1) is 12.2. The lowest BCUT2D eigenvalue weighted by molar-refractivity contribution is -0.126. The van der Waals surface area contributed by atoms with Gasteiger partial charge < -0.3 is 10.6 Å². The third-order valence-corrected chi connectivity index (χ3v) is 6.32. The van der Waals surface area contributed by atoms with Crippen LogP contribution < -0.4 is 10.6 Å². The van der Waals surface area contributed by atoms with Crippen molar-refractivity contribution in [3.05, 3.63) is 35.6 Å². The number of nitrogens with one attached hydrogen (secondary N) is 2. The van der Waals surface area contributed by atoms with Crippen LogP contribution in [0, 0.1) is 11.7 Å². The fourth-order valence-electron chi connectivity index (χ4n) is 3.09. The van der Waals surface area contributed by atoms with Crippen molar-refractivity contribution in [1.82, 2.24) is 10.6 Å². The monoisotopic (exact) mass is 384 g/mol. The van der Waals surface area contributed by atoms with E-state index in [1.807, 2.05) is 13.8 Å². The summed E-state index contributed by atoms with van der Waals surface area (Å²) < 4.78 is 35.8. The molecule has 6 nitrogen and oxygen atoms in total. The number of benzene rings is 1. The molecule has 8 heteroatoms. The van der Waals surface area contributed by atoms with Gasteiger partial charge >= 0.3 is 0 Å². The number of amides is 2. The van der Waals surface area contributed by atoms with Crippen LogP contribution in [-0.2, 0) is 19.4 Å². The molecule has 1 heterocycles. The van der Waals surface area contributed by atoms with Crippen LogP contribution in [0.1, 0.15) is 38.2 Å². The van der Waals surface area contributed by atoms with Crippen molar-refractivity contribution in [2.45, 2.75) is 38.6 Å². The SMILES string of the molecule is CC(C)C(CC(=O)NCC(=O)NC1CCS(=O)(=O)C1)c1ccc(F)cc1. The van der Waals surface area contributed by atoms with E-state index in [1.54, 1.807) is 12.1 Å². The summed E-state index contributed by atoms with van der Waals surface area (Å²) in [4.78, 5) is 24.1. The highest BCUT2D eigenvalue weighted by Gasteiger charge is 2.29. The standard InChI is InChI=1S/C18H25FN2O4S/c1-12(2)16(13-3-5-14(19)6-4-13)9-17(22)20-10-18(23)21-15-7-8-26(24,25)11-15/h3-6,12,15-16H,7-11H2,1-2H3,(H,20,22)(H,21,23). The van der Waals surface area contributed by atoms with Gasteiger partial charge in [-0.15, -0.1) is 0 Å². The lowest BCUT2D eigenvalue weighted by atomic mass is 9.85. The van der Waals surface area contributed by atoms with Gasteiger partial charge in [-0.3, -0.25) is 9.59 Å². The largest absolute Gasteiger partial charge is 0.351 e. The molecule has 0 aliphatic carbocycles. The molecule has 144 valence electrons. The summed E-state index contributed by atoms with van der Waals surface area (Å²) in [6.45, 7) is 3.77. The van der Waals surface area contributed by atoms with E-state index in [9.17, 15) is 22.4 Å². The van der Waals surface area contributed by atoms with Gasteiger partial charge in [0.1, 0.15) is 5.82 Å². The highest BCUT2D eigenvalue weighted by atomic mass is 32.2. The molecule has 2 N–H and O–H groups in total. The lowest BCUT2D eigenvalue weighted by Crippen LogP contribution is -2.42. The van der Waals surface area contributed by atoms with E-state index in [1.165, 1.54) is 12.1 Å². The van der Waals surface area contributed by atoms with Crippen molar-refractivity contribution in [2.24, 2.45) is 5.92 Å². The molecule has 0 aromatic heterocycles. The van der Waals surface area contributed by atoms with Gasteiger partial charge in [-0.25, -0.2) is 12.8 Å². The summed E-state index contributed by atoms with van der Waals surface area (Å²) in [6.07, 6.45) is 0.594. The van der Waals surface area contributed by atoms with Crippen LogP contribution in [0.3, 0.4) is 0 Å². The summed E-state index contributed by atoms with van der Waals surface area (Å²) in [5, 5.41) is 5.20. The molecule has 1 aliphatic heterocycles. The number of carbonyl (C=O) groups is 2. The minimum absolute atomic E-state index is 0.0489. The van der Waals surface area contributed by atoms with E-state index in [2.05, 4.69) is 10.6 Å². The fraction of sp³-hybridized carbons (Fsp3) is 0.556. The molecule has 1 aromatic rings. The molecule has 1 fully saturated rings. The molecule has 0 radical (unpaired) electrons. The number of rotatable bonds is 7. The Balaban J connectivity index is 1.82. The number of carbonyl (C=O) groups excluding carboxylic acids is 2. The van der Waals surface area contributed by atoms with Gasteiger partial charge in [-0.05, 0) is 36.0 Å². The Morgan fingerprint density at radius 2 is 1.85 bits per heavy atom. The van der Waals surface area contributed by atoms with Gasteiger partial charge in [0.05, 0.1) is 18.1 Å². The quantitative estimate of drug-likeness (QED) is 0.743. The smallest absolute Gasteiger partial charge is 0.239 e. The molecule has 2 atom stereocenters. The topological polar surface area (TPSA) is 92.3 Å². The molecular weight excluding hydrogens is 359 g/mol. The van der Waals surface area contributed by atoms with Crippen LogP contribution in [0.15, 0.2) is 24.3 Å². The van der Waals surface area contributed by atoms with Crippen molar-refractivity contribution in [2.75, 3.05) is 18.1 Å². The Labute approximate surface area is 153 Å². The number of sulfone groups is 1. The number of halogens is 1. The molecule has 2 unspecified atom stereocenters. The molecule has 1 aliphatic rings. The fourth-order valence-corrected chi connectivity index (χ4v) is 4.76. The summed E-state index contributed by atoms with van der Waals surface area (Å²) in [5.41, 5.74) is 0.872. The normalized spacial score (nSPS) is 19.9. The minimum Gasteiger partial charge on any atom is -0.351 e. The van der Waals surface area contributed by atoms with Crippen molar-refractivity contribution >= 4 is 21.7 Å². The third-order valence-electron chi connectivity index (χ3n) is 4.55. The molecule has 1 aromatic carbocycles. The number of hydrogen-bond acceptors (Lipinski definition) is 4. The van der Waals surface area contributed by atoms with E-state index in [0.29, 0.717) is 6.42 Å². The summed E-state index contributed by atoms with van der Waals surface area (Å²) in [6, 6.07) is 5.69. The average molecular weight is 384 g/mol. The van der Waals surface area contributed by atoms with Gasteiger partial charge in [0.15, 0.2) is 9.84 Å². The molecule has 0 bridgehead atoms. The van der Waals surface area contributed by atoms with E-state index in [4.69, 9.17) is 0 Å². The zero-order valence-electron chi connectivity index (χ0n) is 15.0. The van der Waals surface area contributed by atoms with Crippen LogP contribution >= 0.6 is 0 Å². The molecule has 26 heavy (non-hydrogen) atoms. The summed E-state index contributed by atoms with van der Waals surface area (Å²) in [7, 11) is -3.06. The molecule has 0 saturated carbocycles. The predicted molar refractivity (Wildman–Crippen MR) is 96.8 cm³/mol. The van der Waals surface area contributed by atoms with Crippen LogP contribution in [0.25, 0.3) is 0 Å². The first-order valence-electron chi connectivity index (χ1n) is 8.68. The maximum atomic E-state index is 13.1. The van der Waals surface area contributed by atoms with Crippen molar-refractivity contribution in [3.8, 4) is 0 Å². The highest BCUT2D eigenvalue weighted by molar-refractivity contribution is 7.91. The van der Waals surface area contributed by atoms with Gasteiger partial charge in [0.2, 0.25) is 11.8 Å². The van der Waals surface area contributed by atoms with Crippen LogP contribution in [0.4, 0.5) is 4.39 Å².